The van der Waals surface area contributed by atoms with Gasteiger partial charge in [-0.05, 0) is 74.1 Å². The maximum atomic E-state index is 15.5. The van der Waals surface area contributed by atoms with Gasteiger partial charge >= 0.3 is 0 Å². The van der Waals surface area contributed by atoms with Gasteiger partial charge in [-0.2, -0.15) is 0 Å². The minimum atomic E-state index is -0.739. The number of anilines is 1. The number of pyridine rings is 2. The van der Waals surface area contributed by atoms with Gasteiger partial charge in [-0.3, -0.25) is 14.6 Å². The summed E-state index contributed by atoms with van der Waals surface area (Å²) in [6.07, 6.45) is 3.83. The van der Waals surface area contributed by atoms with Gasteiger partial charge in [0.05, 0.1) is 24.8 Å². The Labute approximate surface area is 323 Å². The van der Waals surface area contributed by atoms with Crippen LogP contribution in [0.5, 0.6) is 23.0 Å². The number of carbonyl (C=O) groups is 1. The maximum Gasteiger partial charge on any atom is 0.261 e. The first-order valence-electron chi connectivity index (χ1n) is 17.0. The fourth-order valence-electron chi connectivity index (χ4n) is 6.26. The maximum absolute atomic E-state index is 15.5. The molecule has 0 bridgehead atoms. The molecular formula is C40H39Cl2F2N5O5. The molecule has 1 saturated heterocycles. The third-order valence-corrected chi connectivity index (χ3v) is 9.13. The fraction of sp³-hybridized carbons (Fsp3) is 0.225. The molecule has 1 fully saturated rings. The average Bonchev–Trinajstić information content (AvgIpc) is 3.15. The summed E-state index contributed by atoms with van der Waals surface area (Å²) in [6.45, 7) is 5.70. The molecule has 1 amide bonds. The Balaban J connectivity index is 0.00000280. The number of nitrogens with one attached hydrogen (secondary N) is 1. The monoisotopic (exact) mass is 777 g/mol. The normalized spacial score (nSPS) is 13.2. The van der Waals surface area contributed by atoms with E-state index < -0.39 is 23.0 Å². The van der Waals surface area contributed by atoms with Gasteiger partial charge in [0.15, 0.2) is 23.1 Å². The first-order valence-corrected chi connectivity index (χ1v) is 17.0. The Morgan fingerprint density at radius 3 is 2.35 bits per heavy atom. The molecule has 0 aliphatic carbocycles. The zero-order chi connectivity index (χ0) is 36.2. The lowest BCUT2D eigenvalue weighted by Crippen LogP contribution is -2.44. The van der Waals surface area contributed by atoms with Crippen molar-refractivity contribution in [3.05, 3.63) is 125 Å². The van der Waals surface area contributed by atoms with Crippen LogP contribution in [-0.2, 0) is 0 Å². The van der Waals surface area contributed by atoms with Crippen LogP contribution in [0.25, 0.3) is 27.5 Å². The number of fused-ring (bicyclic) bond motifs is 2. The van der Waals surface area contributed by atoms with Crippen molar-refractivity contribution < 1.29 is 27.8 Å². The first-order chi connectivity index (χ1) is 25.3. The molecule has 10 nitrogen and oxygen atoms in total. The van der Waals surface area contributed by atoms with E-state index >= 15 is 4.39 Å². The van der Waals surface area contributed by atoms with Crippen LogP contribution in [-0.4, -0.2) is 78.7 Å². The number of halogens is 4. The highest BCUT2D eigenvalue weighted by Gasteiger charge is 2.19. The number of piperazine rings is 1. The molecular weight excluding hydrogens is 739 g/mol. The quantitative estimate of drug-likeness (QED) is 0.134. The van der Waals surface area contributed by atoms with Gasteiger partial charge in [-0.1, -0.05) is 12.1 Å². The van der Waals surface area contributed by atoms with Crippen molar-refractivity contribution in [3.63, 3.8) is 0 Å². The van der Waals surface area contributed by atoms with Crippen LogP contribution < -0.4 is 25.0 Å². The summed E-state index contributed by atoms with van der Waals surface area (Å²) in [5, 5.41) is 3.52. The molecule has 6 aromatic rings. The number of rotatable bonds is 11. The molecule has 7 rings (SSSR count). The molecule has 54 heavy (non-hydrogen) atoms. The van der Waals surface area contributed by atoms with E-state index in [1.54, 1.807) is 72.5 Å². The van der Waals surface area contributed by atoms with Crippen LogP contribution in [0.4, 0.5) is 14.5 Å². The third kappa shape index (κ3) is 8.74. The number of methoxy groups -OCH3 is 1. The van der Waals surface area contributed by atoms with E-state index in [-0.39, 0.29) is 41.8 Å². The highest BCUT2D eigenvalue weighted by Crippen LogP contribution is 2.38. The molecule has 0 unspecified atom stereocenters. The molecule has 14 heteroatoms. The van der Waals surface area contributed by atoms with Crippen molar-refractivity contribution in [1.29, 1.82) is 0 Å². The number of hydrogen-bond donors (Lipinski definition) is 1. The van der Waals surface area contributed by atoms with Gasteiger partial charge in [0, 0.05) is 79.4 Å². The van der Waals surface area contributed by atoms with Crippen molar-refractivity contribution in [2.45, 2.75) is 6.42 Å². The Morgan fingerprint density at radius 2 is 1.61 bits per heavy atom. The van der Waals surface area contributed by atoms with Crippen LogP contribution in [0.15, 0.2) is 102 Å². The lowest BCUT2D eigenvalue weighted by molar-refractivity contribution is 0.102. The molecule has 1 N–H and O–H groups in total. The van der Waals surface area contributed by atoms with Crippen molar-refractivity contribution in [2.75, 3.05) is 58.8 Å². The van der Waals surface area contributed by atoms with Crippen molar-refractivity contribution >= 4 is 58.2 Å². The zero-order valence-electron chi connectivity index (χ0n) is 29.6. The van der Waals surface area contributed by atoms with Gasteiger partial charge in [0.1, 0.15) is 17.1 Å². The lowest BCUT2D eigenvalue weighted by Gasteiger charge is -2.32. The van der Waals surface area contributed by atoms with Crippen LogP contribution >= 0.6 is 24.8 Å². The number of nitrogens with zero attached hydrogens (tertiary/aromatic N) is 4. The second-order valence-corrected chi connectivity index (χ2v) is 12.6. The van der Waals surface area contributed by atoms with E-state index in [9.17, 15) is 14.0 Å². The third-order valence-electron chi connectivity index (χ3n) is 9.13. The average molecular weight is 779 g/mol. The molecule has 0 radical (unpaired) electrons. The fourth-order valence-corrected chi connectivity index (χ4v) is 6.26. The molecule has 1 aliphatic heterocycles. The van der Waals surface area contributed by atoms with Gasteiger partial charge in [-0.15, -0.1) is 24.8 Å². The van der Waals surface area contributed by atoms with E-state index in [2.05, 4.69) is 27.1 Å². The van der Waals surface area contributed by atoms with Gasteiger partial charge in [0.25, 0.3) is 5.91 Å². The standard InChI is InChI=1S/C40H37F2N5O5.2ClH/c1-45-17-19-46(20-18-45)16-5-21-51-38-24-33-30(23-37(38)50-2)35(14-15-43-33)52-36-13-10-27(22-32(36)42)44-40(49)31-25-47(28-11-8-26(41)9-12-28)34-7-4-3-6-29(34)39(31)48;;/h3-4,6-15,22-25H,5,16-21H2,1-2H3,(H,44,49);2*1H. The van der Waals surface area contributed by atoms with Gasteiger partial charge in [0.2, 0.25) is 5.43 Å². The Morgan fingerprint density at radius 1 is 0.852 bits per heavy atom. The second-order valence-electron chi connectivity index (χ2n) is 12.6. The van der Waals surface area contributed by atoms with Crippen molar-refractivity contribution in [2.24, 2.45) is 0 Å². The highest BCUT2D eigenvalue weighted by molar-refractivity contribution is 6.06. The number of hydrogen-bond acceptors (Lipinski definition) is 8. The van der Waals surface area contributed by atoms with E-state index in [4.69, 9.17) is 14.2 Å². The predicted molar refractivity (Wildman–Crippen MR) is 211 cm³/mol. The number of benzene rings is 4. The number of carbonyl (C=O) groups excluding carboxylic acids is 1. The molecule has 3 heterocycles. The van der Waals surface area contributed by atoms with Crippen LogP contribution in [0.3, 0.4) is 0 Å². The van der Waals surface area contributed by atoms with E-state index in [0.29, 0.717) is 51.3 Å². The molecule has 0 saturated carbocycles. The predicted octanol–water partition coefficient (Wildman–Crippen LogP) is 7.73. The van der Waals surface area contributed by atoms with Crippen LogP contribution in [0, 0.1) is 11.6 Å². The summed E-state index contributed by atoms with van der Waals surface area (Å²) in [4.78, 5) is 36.0. The molecule has 0 atom stereocenters. The molecule has 0 spiro atoms. The largest absolute Gasteiger partial charge is 0.493 e. The first kappa shape index (κ1) is 39.9. The second kappa shape index (κ2) is 17.7. The minimum Gasteiger partial charge on any atom is -0.493 e. The van der Waals surface area contributed by atoms with Crippen molar-refractivity contribution in [1.82, 2.24) is 19.4 Å². The summed E-state index contributed by atoms with van der Waals surface area (Å²) in [6, 6.07) is 21.6. The molecule has 4 aromatic carbocycles. The lowest BCUT2D eigenvalue weighted by atomic mass is 10.1. The topological polar surface area (TPSA) is 98.2 Å². The Hall–Kier alpha value is -5.27. The Bertz CT molecular complexity index is 2320. The van der Waals surface area contributed by atoms with E-state index in [1.165, 1.54) is 30.5 Å². The minimum absolute atomic E-state index is 0. The molecule has 1 aliphatic rings. The summed E-state index contributed by atoms with van der Waals surface area (Å²) in [5.41, 5.74) is 1.14. The van der Waals surface area contributed by atoms with Crippen LogP contribution in [0.2, 0.25) is 0 Å². The number of amides is 1. The highest BCUT2D eigenvalue weighted by atomic mass is 35.5. The van der Waals surface area contributed by atoms with Gasteiger partial charge in [-0.25, -0.2) is 8.78 Å². The summed E-state index contributed by atoms with van der Waals surface area (Å²) < 4.78 is 48.5. The Kier molecular flexibility index (Phi) is 13.1. The number of ether oxygens (including phenoxy) is 3. The SMILES string of the molecule is COc1cc2c(Oc3ccc(NC(=O)c4cn(-c5ccc(F)cc5)c5ccccc5c4=O)cc3F)ccnc2cc1OCCCN1CCN(C)CC1.Cl.Cl. The summed E-state index contributed by atoms with van der Waals surface area (Å²) in [5.74, 6) is -0.575. The smallest absolute Gasteiger partial charge is 0.261 e. The number of likely N-dealkylation sites (N-methyl/N-ethyl adjacent to an activating group) is 1. The number of aromatic nitrogens is 2. The van der Waals surface area contributed by atoms with E-state index in [1.807, 2.05) is 0 Å². The van der Waals surface area contributed by atoms with Gasteiger partial charge < -0.3 is 33.9 Å². The summed E-state index contributed by atoms with van der Waals surface area (Å²) in [7, 11) is 3.69. The van der Waals surface area contributed by atoms with Crippen molar-refractivity contribution in [3.8, 4) is 28.7 Å². The van der Waals surface area contributed by atoms with E-state index in [0.717, 1.165) is 45.2 Å². The molecule has 282 valence electrons. The zero-order valence-corrected chi connectivity index (χ0v) is 31.2. The summed E-state index contributed by atoms with van der Waals surface area (Å²) >= 11 is 0. The number of para-hydroxylation sites is 1. The molecule has 2 aromatic heterocycles. The van der Waals surface area contributed by atoms with Crippen LogP contribution in [0.1, 0.15) is 16.8 Å².